The van der Waals surface area contributed by atoms with Crippen molar-refractivity contribution in [3.8, 4) is 0 Å². The van der Waals surface area contributed by atoms with Crippen LogP contribution in [0.3, 0.4) is 0 Å². The standard InChI is InChI=1S/C24H30FN5O/c1-3-14(2)21-12-19-22(28-17-10-6-16(26)7-11-17)20(13-27-23(19)30-21)24(31)29-18-8-4-15(25)5-9-18/h4-5,8-9,12-14,16-17H,3,6-7,10-11,26H2,1-2H3,(H,29,31)(H2,27,28,30)/t14?,16-,17-. The van der Waals surface area contributed by atoms with E-state index in [1.807, 2.05) is 0 Å². The molecule has 1 aromatic carbocycles. The second-order valence-electron chi connectivity index (χ2n) is 8.56. The van der Waals surface area contributed by atoms with Crippen molar-refractivity contribution in [1.82, 2.24) is 9.97 Å². The number of H-pyrrole nitrogens is 1. The maximum Gasteiger partial charge on any atom is 0.259 e. The van der Waals surface area contributed by atoms with Crippen LogP contribution in [0.25, 0.3) is 11.0 Å². The summed E-state index contributed by atoms with van der Waals surface area (Å²) in [7, 11) is 0. The summed E-state index contributed by atoms with van der Waals surface area (Å²) in [6.07, 6.45) is 6.48. The van der Waals surface area contributed by atoms with Gasteiger partial charge in [-0.1, -0.05) is 13.8 Å². The Morgan fingerprint density at radius 2 is 1.97 bits per heavy atom. The van der Waals surface area contributed by atoms with E-state index >= 15 is 0 Å². The van der Waals surface area contributed by atoms with Gasteiger partial charge in [-0.15, -0.1) is 0 Å². The minimum Gasteiger partial charge on any atom is -0.381 e. The van der Waals surface area contributed by atoms with Gasteiger partial charge in [0.25, 0.3) is 5.91 Å². The summed E-state index contributed by atoms with van der Waals surface area (Å²) in [6.45, 7) is 4.32. The number of carbonyl (C=O) groups excluding carboxylic acids is 1. The first kappa shape index (κ1) is 21.3. The van der Waals surface area contributed by atoms with Crippen molar-refractivity contribution in [2.75, 3.05) is 10.6 Å². The molecule has 1 atom stereocenters. The normalized spacial score (nSPS) is 19.9. The number of benzene rings is 1. The van der Waals surface area contributed by atoms with Crippen molar-refractivity contribution >= 4 is 28.3 Å². The number of rotatable bonds is 6. The average Bonchev–Trinajstić information content (AvgIpc) is 3.21. The molecular weight excluding hydrogens is 393 g/mol. The highest BCUT2D eigenvalue weighted by molar-refractivity contribution is 6.12. The number of fused-ring (bicyclic) bond motifs is 1. The molecule has 1 amide bonds. The van der Waals surface area contributed by atoms with E-state index in [4.69, 9.17) is 5.73 Å². The maximum atomic E-state index is 13.2. The van der Waals surface area contributed by atoms with Gasteiger partial charge in [-0.25, -0.2) is 9.37 Å². The molecule has 4 rings (SSSR count). The zero-order valence-corrected chi connectivity index (χ0v) is 18.0. The monoisotopic (exact) mass is 423 g/mol. The highest BCUT2D eigenvalue weighted by atomic mass is 19.1. The summed E-state index contributed by atoms with van der Waals surface area (Å²) in [6, 6.07) is 8.35. The quantitative estimate of drug-likeness (QED) is 0.441. The lowest BCUT2D eigenvalue weighted by Crippen LogP contribution is -2.33. The molecule has 5 N–H and O–H groups in total. The molecule has 0 bridgehead atoms. The Hall–Kier alpha value is -2.93. The number of pyridine rings is 1. The molecule has 2 heterocycles. The van der Waals surface area contributed by atoms with Crippen LogP contribution in [-0.4, -0.2) is 28.0 Å². The number of amides is 1. The van der Waals surface area contributed by atoms with E-state index in [2.05, 4.69) is 40.5 Å². The summed E-state index contributed by atoms with van der Waals surface area (Å²) < 4.78 is 13.2. The second kappa shape index (κ2) is 9.06. The maximum absolute atomic E-state index is 13.2. The number of nitrogens with zero attached hydrogens (tertiary/aromatic N) is 1. The highest BCUT2D eigenvalue weighted by Gasteiger charge is 2.24. The van der Waals surface area contributed by atoms with Crippen LogP contribution in [0, 0.1) is 5.82 Å². The number of carbonyl (C=O) groups is 1. The van der Waals surface area contributed by atoms with Gasteiger partial charge in [0.15, 0.2) is 0 Å². The van der Waals surface area contributed by atoms with Gasteiger partial charge in [-0.3, -0.25) is 4.79 Å². The average molecular weight is 424 g/mol. The Morgan fingerprint density at radius 3 is 2.65 bits per heavy atom. The smallest absolute Gasteiger partial charge is 0.259 e. The minimum atomic E-state index is -0.344. The van der Waals surface area contributed by atoms with E-state index < -0.39 is 0 Å². The van der Waals surface area contributed by atoms with E-state index in [9.17, 15) is 9.18 Å². The van der Waals surface area contributed by atoms with Crippen molar-refractivity contribution in [1.29, 1.82) is 0 Å². The molecule has 1 aliphatic carbocycles. The number of aromatic amines is 1. The number of halogens is 1. The van der Waals surface area contributed by atoms with Crippen LogP contribution in [0.1, 0.15) is 67.9 Å². The number of nitrogens with one attached hydrogen (secondary N) is 3. The third kappa shape index (κ3) is 4.71. The van der Waals surface area contributed by atoms with E-state index in [1.165, 1.54) is 12.1 Å². The molecule has 1 aliphatic rings. The summed E-state index contributed by atoms with van der Waals surface area (Å²) in [5, 5.41) is 7.40. The molecular formula is C24H30FN5O. The number of hydrogen-bond donors (Lipinski definition) is 4. The SMILES string of the molecule is CCC(C)c1cc2c(N[C@H]3CC[C@H](N)CC3)c(C(=O)Nc3ccc(F)cc3)cnc2[nH]1. The molecule has 0 aliphatic heterocycles. The number of anilines is 2. The molecule has 3 aromatic rings. The first-order chi connectivity index (χ1) is 14.9. The molecule has 0 radical (unpaired) electrons. The number of aromatic nitrogens is 2. The Bertz CT molecular complexity index is 1050. The third-order valence-electron chi connectivity index (χ3n) is 6.29. The van der Waals surface area contributed by atoms with Crippen molar-refractivity contribution in [3.05, 3.63) is 53.6 Å². The fourth-order valence-corrected chi connectivity index (χ4v) is 4.11. The lowest BCUT2D eigenvalue weighted by atomic mass is 9.91. The van der Waals surface area contributed by atoms with Crippen molar-refractivity contribution in [2.45, 2.75) is 64.0 Å². The first-order valence-electron chi connectivity index (χ1n) is 11.0. The molecule has 31 heavy (non-hydrogen) atoms. The fourth-order valence-electron chi connectivity index (χ4n) is 4.11. The van der Waals surface area contributed by atoms with Crippen LogP contribution in [-0.2, 0) is 0 Å². The van der Waals surface area contributed by atoms with E-state index in [-0.39, 0.29) is 23.8 Å². The van der Waals surface area contributed by atoms with Gasteiger partial charge < -0.3 is 21.4 Å². The largest absolute Gasteiger partial charge is 0.381 e. The van der Waals surface area contributed by atoms with Crippen LogP contribution < -0.4 is 16.4 Å². The Kier molecular flexibility index (Phi) is 6.23. The van der Waals surface area contributed by atoms with Gasteiger partial charge >= 0.3 is 0 Å². The molecule has 7 heteroatoms. The van der Waals surface area contributed by atoms with Gasteiger partial charge in [0.2, 0.25) is 0 Å². The molecule has 1 unspecified atom stereocenters. The molecule has 6 nitrogen and oxygen atoms in total. The highest BCUT2D eigenvalue weighted by Crippen LogP contribution is 2.33. The lowest BCUT2D eigenvalue weighted by molar-refractivity contribution is 0.102. The third-order valence-corrected chi connectivity index (χ3v) is 6.29. The Balaban J connectivity index is 1.70. The fraction of sp³-hybridized carbons (Fsp3) is 0.417. The van der Waals surface area contributed by atoms with Gasteiger partial charge in [0.1, 0.15) is 11.5 Å². The van der Waals surface area contributed by atoms with Crippen LogP contribution >= 0.6 is 0 Å². The molecule has 1 saturated carbocycles. The van der Waals surface area contributed by atoms with Crippen molar-refractivity contribution < 1.29 is 9.18 Å². The van der Waals surface area contributed by atoms with Crippen molar-refractivity contribution in [3.63, 3.8) is 0 Å². The minimum absolute atomic E-state index is 0.251. The van der Waals surface area contributed by atoms with Crippen molar-refractivity contribution in [2.24, 2.45) is 5.73 Å². The predicted molar refractivity (Wildman–Crippen MR) is 123 cm³/mol. The molecule has 0 spiro atoms. The Labute approximate surface area is 181 Å². The van der Waals surface area contributed by atoms with Crippen LogP contribution in [0.15, 0.2) is 36.5 Å². The van der Waals surface area contributed by atoms with Crippen LogP contribution in [0.5, 0.6) is 0 Å². The molecule has 164 valence electrons. The zero-order valence-electron chi connectivity index (χ0n) is 18.0. The van der Waals surface area contributed by atoms with E-state index in [1.54, 1.807) is 18.3 Å². The Morgan fingerprint density at radius 1 is 1.26 bits per heavy atom. The van der Waals surface area contributed by atoms with Crippen LogP contribution in [0.4, 0.5) is 15.8 Å². The topological polar surface area (TPSA) is 95.8 Å². The van der Waals surface area contributed by atoms with Gasteiger partial charge in [-0.05, 0) is 68.4 Å². The first-order valence-corrected chi connectivity index (χ1v) is 11.0. The van der Waals surface area contributed by atoms with Gasteiger partial charge in [0.05, 0.1) is 11.3 Å². The number of nitrogens with two attached hydrogens (primary N) is 1. The molecule has 0 saturated heterocycles. The van der Waals surface area contributed by atoms with Crippen LogP contribution in [0.2, 0.25) is 0 Å². The van der Waals surface area contributed by atoms with E-state index in [0.717, 1.165) is 54.5 Å². The lowest BCUT2D eigenvalue weighted by Gasteiger charge is -2.28. The van der Waals surface area contributed by atoms with Gasteiger partial charge in [-0.2, -0.15) is 0 Å². The van der Waals surface area contributed by atoms with Gasteiger partial charge in [0, 0.05) is 35.0 Å². The second-order valence-corrected chi connectivity index (χ2v) is 8.56. The summed E-state index contributed by atoms with van der Waals surface area (Å²) in [4.78, 5) is 21.1. The molecule has 2 aromatic heterocycles. The molecule has 1 fully saturated rings. The predicted octanol–water partition coefficient (Wildman–Crippen LogP) is 5.15. The summed E-state index contributed by atoms with van der Waals surface area (Å²) >= 11 is 0. The summed E-state index contributed by atoms with van der Waals surface area (Å²) in [5.41, 5.74) is 9.75. The summed E-state index contributed by atoms with van der Waals surface area (Å²) in [5.74, 6) is -0.252. The van der Waals surface area contributed by atoms with E-state index in [0.29, 0.717) is 17.2 Å². The zero-order chi connectivity index (χ0) is 22.0. The number of hydrogen-bond acceptors (Lipinski definition) is 4.